The number of ketones is 1. The Bertz CT molecular complexity index is 1500. The van der Waals surface area contributed by atoms with E-state index in [1.807, 2.05) is 11.5 Å². The normalized spacial score (nSPS) is 11.4. The fourth-order valence-corrected chi connectivity index (χ4v) is 3.77. The molecule has 32 heavy (non-hydrogen) atoms. The van der Waals surface area contributed by atoms with E-state index in [9.17, 15) is 4.79 Å². The number of benzene rings is 1. The van der Waals surface area contributed by atoms with Crippen LogP contribution < -0.4 is 4.74 Å². The van der Waals surface area contributed by atoms with Crippen LogP contribution in [-0.2, 0) is 6.54 Å². The van der Waals surface area contributed by atoms with Crippen molar-refractivity contribution in [3.8, 4) is 28.0 Å². The molecule has 5 aromatic rings. The molecule has 160 valence electrons. The van der Waals surface area contributed by atoms with E-state index in [2.05, 4.69) is 20.2 Å². The summed E-state index contributed by atoms with van der Waals surface area (Å²) < 4.78 is 24.1. The molecule has 0 radical (unpaired) electrons. The van der Waals surface area contributed by atoms with Gasteiger partial charge in [-0.15, -0.1) is 5.10 Å². The number of pyridine rings is 1. The number of fused-ring (bicyclic) bond motifs is 2. The molecule has 0 spiro atoms. The SMILES string of the molecule is CCn1cnc2c(-c3ccc(F)c(-c4cn5cc(C(C)=O)nc5cc4OC)c3)cnnc21. The maximum atomic E-state index is 15.0. The van der Waals surface area contributed by atoms with Crippen LogP contribution >= 0.6 is 0 Å². The molecular weight excluding hydrogens is 411 g/mol. The van der Waals surface area contributed by atoms with Crippen LogP contribution in [0.2, 0.25) is 0 Å². The molecule has 0 N–H and O–H groups in total. The standard InChI is InChI=1S/C23H19FN6O2/c1-4-29-12-25-22-16(9-26-28-23(22)29)14-5-6-18(24)15(7-14)17-10-30-11-19(13(2)31)27-21(30)8-20(17)32-3/h5-12H,4H2,1-3H3. The Hall–Kier alpha value is -4.14. The minimum atomic E-state index is -0.407. The third-order valence-corrected chi connectivity index (χ3v) is 5.45. The van der Waals surface area contributed by atoms with Crippen LogP contribution in [0.15, 0.2) is 49.2 Å². The van der Waals surface area contributed by atoms with Gasteiger partial charge in [0.05, 0.1) is 19.6 Å². The minimum Gasteiger partial charge on any atom is -0.496 e. The average Bonchev–Trinajstić information content (AvgIpc) is 3.42. The summed E-state index contributed by atoms with van der Waals surface area (Å²) in [5, 5.41) is 8.31. The van der Waals surface area contributed by atoms with Gasteiger partial charge in [-0.3, -0.25) is 4.79 Å². The van der Waals surface area contributed by atoms with E-state index in [1.54, 1.807) is 47.5 Å². The highest BCUT2D eigenvalue weighted by molar-refractivity contribution is 5.93. The first kappa shape index (κ1) is 19.8. The number of ether oxygens (including phenoxy) is 1. The van der Waals surface area contributed by atoms with Crippen molar-refractivity contribution in [3.05, 3.63) is 60.7 Å². The molecule has 1 aromatic carbocycles. The third kappa shape index (κ3) is 3.09. The Morgan fingerprint density at radius 2 is 2.00 bits per heavy atom. The van der Waals surface area contributed by atoms with Gasteiger partial charge in [0.25, 0.3) is 0 Å². The number of imidazole rings is 2. The summed E-state index contributed by atoms with van der Waals surface area (Å²) in [5.74, 6) is -0.110. The molecule has 5 rings (SSSR count). The second-order valence-corrected chi connectivity index (χ2v) is 7.36. The Kier molecular flexibility index (Phi) is 4.66. The molecule has 0 saturated heterocycles. The number of carbonyl (C=O) groups excluding carboxylic acids is 1. The van der Waals surface area contributed by atoms with Crippen molar-refractivity contribution >= 4 is 22.6 Å². The number of aromatic nitrogens is 6. The number of Topliss-reactive ketones (excluding diaryl/α,β-unsaturated/α-hetero) is 1. The van der Waals surface area contributed by atoms with E-state index in [0.29, 0.717) is 45.9 Å². The van der Waals surface area contributed by atoms with E-state index in [1.165, 1.54) is 20.1 Å². The lowest BCUT2D eigenvalue weighted by Crippen LogP contribution is -1.97. The largest absolute Gasteiger partial charge is 0.496 e. The molecule has 0 unspecified atom stereocenters. The van der Waals surface area contributed by atoms with Gasteiger partial charge in [0.2, 0.25) is 0 Å². The van der Waals surface area contributed by atoms with Gasteiger partial charge in [0.15, 0.2) is 11.4 Å². The average molecular weight is 430 g/mol. The van der Waals surface area contributed by atoms with Crippen LogP contribution in [-0.4, -0.2) is 42.0 Å². The van der Waals surface area contributed by atoms with Gasteiger partial charge in [-0.05, 0) is 24.6 Å². The molecule has 0 aliphatic heterocycles. The molecule has 0 bridgehead atoms. The molecule has 0 saturated carbocycles. The molecule has 0 atom stereocenters. The quantitative estimate of drug-likeness (QED) is 0.389. The van der Waals surface area contributed by atoms with Crippen molar-refractivity contribution in [3.63, 3.8) is 0 Å². The molecule has 0 fully saturated rings. The van der Waals surface area contributed by atoms with Gasteiger partial charge in [-0.2, -0.15) is 5.10 Å². The van der Waals surface area contributed by atoms with Crippen LogP contribution in [0.25, 0.3) is 39.1 Å². The molecule has 9 heteroatoms. The van der Waals surface area contributed by atoms with Gasteiger partial charge in [0, 0.05) is 48.6 Å². The Morgan fingerprint density at radius 3 is 2.75 bits per heavy atom. The van der Waals surface area contributed by atoms with Crippen LogP contribution in [0.4, 0.5) is 4.39 Å². The van der Waals surface area contributed by atoms with Gasteiger partial charge in [-0.25, -0.2) is 14.4 Å². The lowest BCUT2D eigenvalue weighted by atomic mass is 9.99. The Balaban J connectivity index is 1.70. The Labute approximate surface area is 182 Å². The lowest BCUT2D eigenvalue weighted by Gasteiger charge is -2.12. The number of hydrogen-bond acceptors (Lipinski definition) is 6. The zero-order valence-corrected chi connectivity index (χ0v) is 17.7. The van der Waals surface area contributed by atoms with Crippen molar-refractivity contribution in [2.45, 2.75) is 20.4 Å². The van der Waals surface area contributed by atoms with E-state index in [-0.39, 0.29) is 5.78 Å². The summed E-state index contributed by atoms with van der Waals surface area (Å²) in [4.78, 5) is 20.5. The molecule has 4 aromatic heterocycles. The van der Waals surface area contributed by atoms with Crippen molar-refractivity contribution in [2.24, 2.45) is 0 Å². The summed E-state index contributed by atoms with van der Waals surface area (Å²) in [6.07, 6.45) is 6.68. The number of hydrogen-bond donors (Lipinski definition) is 0. The number of halogens is 1. The highest BCUT2D eigenvalue weighted by atomic mass is 19.1. The number of methoxy groups -OCH3 is 1. The van der Waals surface area contributed by atoms with Crippen LogP contribution in [0.3, 0.4) is 0 Å². The molecule has 8 nitrogen and oxygen atoms in total. The van der Waals surface area contributed by atoms with Crippen molar-refractivity contribution in [1.82, 2.24) is 29.1 Å². The lowest BCUT2D eigenvalue weighted by molar-refractivity contribution is 0.101. The van der Waals surface area contributed by atoms with Crippen molar-refractivity contribution in [1.29, 1.82) is 0 Å². The summed E-state index contributed by atoms with van der Waals surface area (Å²) in [5.41, 5.74) is 4.62. The monoisotopic (exact) mass is 430 g/mol. The van der Waals surface area contributed by atoms with Gasteiger partial charge < -0.3 is 13.7 Å². The highest BCUT2D eigenvalue weighted by Crippen LogP contribution is 2.36. The predicted molar refractivity (Wildman–Crippen MR) is 117 cm³/mol. The zero-order valence-electron chi connectivity index (χ0n) is 17.7. The first-order valence-electron chi connectivity index (χ1n) is 10.0. The minimum absolute atomic E-state index is 0.150. The molecule has 4 heterocycles. The first-order chi connectivity index (χ1) is 15.5. The van der Waals surface area contributed by atoms with Crippen LogP contribution in [0, 0.1) is 5.82 Å². The molecular formula is C23H19FN6O2. The first-order valence-corrected chi connectivity index (χ1v) is 10.0. The summed E-state index contributed by atoms with van der Waals surface area (Å²) in [6, 6.07) is 6.52. The zero-order chi connectivity index (χ0) is 22.4. The van der Waals surface area contributed by atoms with Crippen LogP contribution in [0.5, 0.6) is 5.75 Å². The fourth-order valence-electron chi connectivity index (χ4n) is 3.77. The molecule has 0 amide bonds. The highest BCUT2D eigenvalue weighted by Gasteiger charge is 2.18. The van der Waals surface area contributed by atoms with Crippen molar-refractivity contribution < 1.29 is 13.9 Å². The smallest absolute Gasteiger partial charge is 0.183 e. The third-order valence-electron chi connectivity index (χ3n) is 5.45. The second kappa shape index (κ2) is 7.52. The second-order valence-electron chi connectivity index (χ2n) is 7.36. The van der Waals surface area contributed by atoms with E-state index >= 15 is 4.39 Å². The van der Waals surface area contributed by atoms with Crippen molar-refractivity contribution in [2.75, 3.05) is 7.11 Å². The van der Waals surface area contributed by atoms with Gasteiger partial charge in [0.1, 0.15) is 28.4 Å². The van der Waals surface area contributed by atoms with Gasteiger partial charge >= 0.3 is 0 Å². The van der Waals surface area contributed by atoms with E-state index in [4.69, 9.17) is 4.74 Å². The number of rotatable bonds is 5. The number of aryl methyl sites for hydroxylation is 1. The van der Waals surface area contributed by atoms with Crippen LogP contribution in [0.1, 0.15) is 24.3 Å². The maximum Gasteiger partial charge on any atom is 0.183 e. The number of carbonyl (C=O) groups is 1. The Morgan fingerprint density at radius 1 is 1.16 bits per heavy atom. The topological polar surface area (TPSA) is 87.2 Å². The molecule has 0 aliphatic carbocycles. The maximum absolute atomic E-state index is 15.0. The van der Waals surface area contributed by atoms with E-state index in [0.717, 1.165) is 11.1 Å². The summed E-state index contributed by atoms with van der Waals surface area (Å²) in [7, 11) is 1.51. The van der Waals surface area contributed by atoms with E-state index < -0.39 is 5.82 Å². The fraction of sp³-hybridized carbons (Fsp3) is 0.174. The summed E-state index contributed by atoms with van der Waals surface area (Å²) in [6.45, 7) is 4.17. The van der Waals surface area contributed by atoms with Gasteiger partial charge in [-0.1, -0.05) is 6.07 Å². The summed E-state index contributed by atoms with van der Waals surface area (Å²) >= 11 is 0. The number of nitrogens with zero attached hydrogens (tertiary/aromatic N) is 6. The molecule has 0 aliphatic rings. The predicted octanol–water partition coefficient (Wildman–Crippen LogP) is 4.18.